The van der Waals surface area contributed by atoms with Crippen LogP contribution >= 0.6 is 22.3 Å². The van der Waals surface area contributed by atoms with E-state index in [1.807, 2.05) is 12.1 Å². The smallest absolute Gasteiger partial charge is 0.235 e. The highest BCUT2D eigenvalue weighted by Crippen LogP contribution is 2.34. The standard InChI is InChI=1S/C19H18FN3O3S.C16H14FN3O.C10H7ClFNO.C6H8N2.C3H5ClO2S/c1-26-19-11-18-15(10-16(19)20)17(8-9-21-18)22-12-2-4-13(5-3-12)23-27(24,25)14-6-7-14;1-21-16-9-15-12(8-13(16)17)14(6-7-19-15)20-11-4-2-10(18)3-5-11;1-14-10-5-9-6(4-8(10)12)7(11)2-3-13-9;7-5-1-2-6(8)4-3-5;4-7(5,6)3-1-2-3/h2-5,8-11,14,23H,6-7H2,1H3,(H,21,22);2-9H,18H2,1H3,(H,19,20);2-5H,1H3;1-4H,7-8H2;3H,1-2H2. The molecule has 0 radical (unpaired) electrons. The van der Waals surface area contributed by atoms with Gasteiger partial charge in [-0.3, -0.25) is 19.7 Å². The minimum atomic E-state index is -3.28. The Balaban J connectivity index is 0.000000152. The summed E-state index contributed by atoms with van der Waals surface area (Å²) in [4.78, 5) is 12.5. The SMILES string of the molecule is COc1cc2nccc(Cl)c2cc1F.COc1cc2nccc(Nc3ccc(N)cc3)c2cc1F.COc1cc2nccc(Nc3ccc(NS(=O)(=O)C4CC4)cc3)c2cc1F.Nc1ccc(N)cc1.O=S(=O)(Cl)C1CC1. The number of benzene rings is 6. The van der Waals surface area contributed by atoms with Gasteiger partial charge in [0.2, 0.25) is 19.1 Å². The van der Waals surface area contributed by atoms with Crippen molar-refractivity contribution in [2.75, 3.05) is 53.9 Å². The van der Waals surface area contributed by atoms with Crippen LogP contribution in [0.15, 0.2) is 146 Å². The van der Waals surface area contributed by atoms with Gasteiger partial charge in [0.05, 0.1) is 53.4 Å². The number of aromatic nitrogens is 3. The Kier molecular flexibility index (Phi) is 18.6. The maximum atomic E-state index is 14.1. The Morgan fingerprint density at radius 2 is 0.831 bits per heavy atom. The number of nitrogens with two attached hydrogens (primary N) is 3. The van der Waals surface area contributed by atoms with Gasteiger partial charge in [-0.05, 0) is 135 Å². The van der Waals surface area contributed by atoms with E-state index in [2.05, 4.69) is 30.3 Å². The van der Waals surface area contributed by atoms with Gasteiger partial charge >= 0.3 is 0 Å². The number of methoxy groups -OCH3 is 3. The van der Waals surface area contributed by atoms with Crippen molar-refractivity contribution in [1.29, 1.82) is 0 Å². The van der Waals surface area contributed by atoms with Crippen molar-refractivity contribution < 1.29 is 44.2 Å². The second kappa shape index (κ2) is 25.2. The lowest BCUT2D eigenvalue weighted by Crippen LogP contribution is -2.17. The second-order valence-corrected chi connectivity index (χ2v) is 22.4. The molecule has 3 heterocycles. The molecule has 402 valence electrons. The number of sulfonamides is 1. The first-order valence-electron chi connectivity index (χ1n) is 23.3. The number of pyridine rings is 3. The quantitative estimate of drug-likeness (QED) is 0.0521. The molecular weight excluding hydrogens is 1080 g/mol. The molecular formula is C54H52Cl2F3N9O7S2. The summed E-state index contributed by atoms with van der Waals surface area (Å²) in [5.74, 6) is -0.828. The van der Waals surface area contributed by atoms with E-state index in [1.54, 1.807) is 110 Å². The number of hydrogen-bond acceptors (Lipinski definition) is 15. The molecule has 2 saturated carbocycles. The number of halogens is 5. The third-order valence-corrected chi connectivity index (χ3v) is 15.7. The molecule has 16 nitrogen and oxygen atoms in total. The summed E-state index contributed by atoms with van der Waals surface area (Å²) in [5, 5.41) is 8.34. The summed E-state index contributed by atoms with van der Waals surface area (Å²) in [7, 11) is 2.71. The number of nitrogens with one attached hydrogen (secondary N) is 3. The summed E-state index contributed by atoms with van der Waals surface area (Å²) in [6.45, 7) is 0. The fourth-order valence-corrected chi connectivity index (χ4v) is 9.89. The minimum absolute atomic E-state index is 0.138. The first kappa shape index (κ1) is 56.7. The zero-order chi connectivity index (χ0) is 55.4. The average Bonchev–Trinajstić information content (AvgIpc) is 4.34. The van der Waals surface area contributed by atoms with Gasteiger partial charge in [-0.1, -0.05) is 11.6 Å². The van der Waals surface area contributed by atoms with E-state index in [0.717, 1.165) is 41.3 Å². The average molecular weight is 1130 g/mol. The monoisotopic (exact) mass is 1130 g/mol. The second-order valence-electron chi connectivity index (χ2n) is 17.2. The van der Waals surface area contributed by atoms with Gasteiger partial charge in [0.1, 0.15) is 0 Å². The predicted octanol–water partition coefficient (Wildman–Crippen LogP) is 12.3. The molecule has 6 aromatic carbocycles. The molecule has 9 aromatic rings. The van der Waals surface area contributed by atoms with Crippen molar-refractivity contribution in [2.24, 2.45) is 0 Å². The van der Waals surface area contributed by atoms with Crippen LogP contribution in [0, 0.1) is 17.5 Å². The first-order chi connectivity index (χ1) is 36.7. The topological polar surface area (TPSA) is 249 Å². The van der Waals surface area contributed by atoms with Crippen molar-refractivity contribution >= 4 is 120 Å². The van der Waals surface area contributed by atoms with E-state index in [-0.39, 0.29) is 27.7 Å². The molecule has 0 saturated heterocycles. The summed E-state index contributed by atoms with van der Waals surface area (Å²) in [6, 6.07) is 35.3. The molecule has 23 heteroatoms. The zero-order valence-electron chi connectivity index (χ0n) is 41.5. The lowest BCUT2D eigenvalue weighted by Gasteiger charge is -2.12. The van der Waals surface area contributed by atoms with Crippen LogP contribution < -0.4 is 46.8 Å². The van der Waals surface area contributed by atoms with Crippen LogP contribution in [0.2, 0.25) is 5.02 Å². The van der Waals surface area contributed by atoms with Crippen LogP contribution in [-0.2, 0) is 19.1 Å². The van der Waals surface area contributed by atoms with E-state index in [4.69, 9.17) is 53.7 Å². The molecule has 0 aliphatic heterocycles. The van der Waals surface area contributed by atoms with Crippen LogP contribution in [0.5, 0.6) is 17.2 Å². The maximum Gasteiger partial charge on any atom is 0.235 e. The third kappa shape index (κ3) is 15.8. The highest BCUT2D eigenvalue weighted by atomic mass is 35.7. The summed E-state index contributed by atoms with van der Waals surface area (Å²) in [6.07, 6.45) is 7.80. The normalized spacial score (nSPS) is 12.7. The molecule has 0 unspecified atom stereocenters. The molecule has 77 heavy (non-hydrogen) atoms. The minimum Gasteiger partial charge on any atom is -0.494 e. The van der Waals surface area contributed by atoms with Gasteiger partial charge in [0.15, 0.2) is 34.7 Å². The van der Waals surface area contributed by atoms with Gasteiger partial charge in [0, 0.05) is 109 Å². The van der Waals surface area contributed by atoms with Crippen molar-refractivity contribution in [3.05, 3.63) is 168 Å². The number of anilines is 8. The number of fused-ring (bicyclic) bond motifs is 3. The fourth-order valence-electron chi connectivity index (χ4n) is 7.07. The molecule has 0 bridgehead atoms. The van der Waals surface area contributed by atoms with Gasteiger partial charge in [-0.15, -0.1) is 0 Å². The molecule has 2 aliphatic rings. The largest absolute Gasteiger partial charge is 0.494 e. The summed E-state index contributed by atoms with van der Waals surface area (Å²) >= 11 is 5.88. The zero-order valence-corrected chi connectivity index (χ0v) is 44.6. The lowest BCUT2D eigenvalue weighted by atomic mass is 10.1. The molecule has 2 fully saturated rings. The van der Waals surface area contributed by atoms with Crippen molar-refractivity contribution in [3.8, 4) is 17.2 Å². The fraction of sp³-hybridized carbons (Fsp3) is 0.167. The molecule has 3 aromatic heterocycles. The lowest BCUT2D eigenvalue weighted by molar-refractivity contribution is 0.387. The molecule has 9 N–H and O–H groups in total. The van der Waals surface area contributed by atoms with Gasteiger partial charge in [-0.2, -0.15) is 0 Å². The molecule has 2 aliphatic carbocycles. The Bertz CT molecular complexity index is 3720. The highest BCUT2D eigenvalue weighted by molar-refractivity contribution is 8.14. The van der Waals surface area contributed by atoms with Crippen LogP contribution in [0.1, 0.15) is 25.7 Å². The number of ether oxygens (including phenoxy) is 3. The highest BCUT2D eigenvalue weighted by Gasteiger charge is 2.36. The molecule has 0 amide bonds. The van der Waals surface area contributed by atoms with E-state index < -0.39 is 36.5 Å². The number of rotatable bonds is 11. The first-order valence-corrected chi connectivity index (χ1v) is 27.6. The van der Waals surface area contributed by atoms with E-state index >= 15 is 0 Å². The van der Waals surface area contributed by atoms with Crippen molar-refractivity contribution in [1.82, 2.24) is 15.0 Å². The predicted molar refractivity (Wildman–Crippen MR) is 302 cm³/mol. The van der Waals surface area contributed by atoms with Crippen LogP contribution in [-0.4, -0.2) is 63.6 Å². The molecule has 0 spiro atoms. The Morgan fingerprint density at radius 1 is 0.494 bits per heavy atom. The number of nitrogens with zero attached hydrogens (tertiary/aromatic N) is 3. The Labute approximate surface area is 452 Å². The number of hydrogen-bond donors (Lipinski definition) is 6. The Morgan fingerprint density at radius 3 is 1.19 bits per heavy atom. The van der Waals surface area contributed by atoms with Crippen LogP contribution in [0.25, 0.3) is 32.7 Å². The number of nitrogen functional groups attached to an aromatic ring is 3. The van der Waals surface area contributed by atoms with Gasteiger partial charge in [-0.25, -0.2) is 30.0 Å². The van der Waals surface area contributed by atoms with E-state index in [0.29, 0.717) is 67.6 Å². The van der Waals surface area contributed by atoms with E-state index in [1.165, 1.54) is 45.6 Å². The summed E-state index contributed by atoms with van der Waals surface area (Å²) in [5.41, 5.74) is 24.1. The van der Waals surface area contributed by atoms with Crippen molar-refractivity contribution in [3.63, 3.8) is 0 Å². The van der Waals surface area contributed by atoms with E-state index in [9.17, 15) is 30.0 Å². The van der Waals surface area contributed by atoms with Crippen LogP contribution in [0.4, 0.5) is 58.7 Å². The summed E-state index contributed by atoms with van der Waals surface area (Å²) < 4.78 is 103. The van der Waals surface area contributed by atoms with Gasteiger partial charge in [0.25, 0.3) is 0 Å². The molecule has 11 rings (SSSR count). The Hall–Kier alpha value is -7.98. The van der Waals surface area contributed by atoms with Crippen molar-refractivity contribution in [2.45, 2.75) is 36.2 Å². The maximum absolute atomic E-state index is 14.1. The van der Waals surface area contributed by atoms with Gasteiger partial charge < -0.3 is 42.0 Å². The molecule has 0 atom stereocenters. The third-order valence-electron chi connectivity index (χ3n) is 11.4. The van der Waals surface area contributed by atoms with Crippen LogP contribution in [0.3, 0.4) is 0 Å².